The monoisotopic (exact) mass is 670 g/mol. The molecule has 11 rings (SSSR count). The van der Waals surface area contributed by atoms with E-state index in [1.165, 1.54) is 98.7 Å². The first-order valence-electron chi connectivity index (χ1n) is 18.5. The lowest BCUT2D eigenvalue weighted by Crippen LogP contribution is -2.28. The van der Waals surface area contributed by atoms with Crippen LogP contribution in [0, 0.1) is 0 Å². The van der Waals surface area contributed by atoms with Gasteiger partial charge in [0.2, 0.25) is 0 Å². The quantitative estimate of drug-likeness (QED) is 0.164. The predicted octanol–water partition coefficient (Wildman–Crippen LogP) is 14.0. The summed E-state index contributed by atoms with van der Waals surface area (Å²) in [5.41, 5.74) is 12.4. The fraction of sp³-hybridized carbons (Fsp3) is 0.0189. The van der Waals surface area contributed by atoms with Crippen molar-refractivity contribution in [2.75, 3.05) is 0 Å². The average Bonchev–Trinajstić information content (AvgIpc) is 3.54. The van der Waals surface area contributed by atoms with Crippen LogP contribution in [-0.4, -0.2) is 0 Å². The molecule has 0 aromatic heterocycles. The van der Waals surface area contributed by atoms with Crippen molar-refractivity contribution in [3.05, 3.63) is 229 Å². The zero-order valence-corrected chi connectivity index (χ0v) is 29.1. The summed E-state index contributed by atoms with van der Waals surface area (Å²) in [6.07, 6.45) is 0. The summed E-state index contributed by atoms with van der Waals surface area (Å²) in [6.45, 7) is 0. The minimum Gasteiger partial charge on any atom is -0.0622 e. The van der Waals surface area contributed by atoms with Crippen LogP contribution >= 0.6 is 0 Å². The van der Waals surface area contributed by atoms with Gasteiger partial charge in [-0.05, 0) is 111 Å². The Morgan fingerprint density at radius 2 is 0.717 bits per heavy atom. The number of rotatable bonds is 4. The summed E-state index contributed by atoms with van der Waals surface area (Å²) in [7, 11) is 0. The number of hydrogen-bond acceptors (Lipinski definition) is 0. The lowest BCUT2D eigenvalue weighted by molar-refractivity contribution is 0.769. The lowest BCUT2D eigenvalue weighted by atomic mass is 9.67. The maximum absolute atomic E-state index is 2.52. The largest absolute Gasteiger partial charge is 0.0714 e. The van der Waals surface area contributed by atoms with Crippen molar-refractivity contribution >= 4 is 43.1 Å². The molecule has 10 aromatic rings. The third-order valence-electron chi connectivity index (χ3n) is 11.7. The molecule has 246 valence electrons. The van der Waals surface area contributed by atoms with Gasteiger partial charge < -0.3 is 0 Å². The molecule has 0 saturated carbocycles. The lowest BCUT2D eigenvalue weighted by Gasteiger charge is -2.34. The number of benzene rings is 10. The van der Waals surface area contributed by atoms with Gasteiger partial charge in [-0.25, -0.2) is 0 Å². The number of hydrogen-bond donors (Lipinski definition) is 0. The Morgan fingerprint density at radius 1 is 0.264 bits per heavy atom. The zero-order chi connectivity index (χ0) is 34.9. The fourth-order valence-electron chi connectivity index (χ4n) is 9.51. The Labute approximate surface area is 309 Å². The van der Waals surface area contributed by atoms with E-state index < -0.39 is 5.41 Å². The van der Waals surface area contributed by atoms with Crippen molar-refractivity contribution < 1.29 is 0 Å². The summed E-state index contributed by atoms with van der Waals surface area (Å²) in [6, 6.07) is 76.7. The minimum atomic E-state index is -0.496. The van der Waals surface area contributed by atoms with Crippen LogP contribution in [0.2, 0.25) is 0 Å². The van der Waals surface area contributed by atoms with Crippen LogP contribution in [-0.2, 0) is 5.41 Å². The van der Waals surface area contributed by atoms with Crippen LogP contribution in [0.25, 0.3) is 76.5 Å². The van der Waals surface area contributed by atoms with E-state index in [0.717, 1.165) is 0 Å². The first-order valence-corrected chi connectivity index (χ1v) is 18.5. The molecule has 0 unspecified atom stereocenters. The van der Waals surface area contributed by atoms with Crippen LogP contribution in [0.1, 0.15) is 22.3 Å². The van der Waals surface area contributed by atoms with Crippen LogP contribution in [0.4, 0.5) is 0 Å². The summed E-state index contributed by atoms with van der Waals surface area (Å²) in [4.78, 5) is 0. The molecule has 1 aliphatic carbocycles. The highest BCUT2D eigenvalue weighted by molar-refractivity contribution is 6.22. The van der Waals surface area contributed by atoms with Crippen LogP contribution in [0.5, 0.6) is 0 Å². The van der Waals surface area contributed by atoms with Gasteiger partial charge in [-0.1, -0.05) is 194 Å². The second-order valence-corrected chi connectivity index (χ2v) is 14.4. The van der Waals surface area contributed by atoms with Crippen molar-refractivity contribution in [3.8, 4) is 33.4 Å². The van der Waals surface area contributed by atoms with Crippen molar-refractivity contribution in [1.29, 1.82) is 0 Å². The van der Waals surface area contributed by atoms with Gasteiger partial charge in [0.15, 0.2) is 0 Å². The van der Waals surface area contributed by atoms with Crippen LogP contribution in [0.15, 0.2) is 206 Å². The molecule has 0 atom stereocenters. The second-order valence-electron chi connectivity index (χ2n) is 14.4. The van der Waals surface area contributed by atoms with E-state index in [9.17, 15) is 0 Å². The molecule has 0 heterocycles. The van der Waals surface area contributed by atoms with E-state index in [2.05, 4.69) is 206 Å². The Kier molecular flexibility index (Phi) is 6.57. The molecule has 0 bridgehead atoms. The summed E-state index contributed by atoms with van der Waals surface area (Å²) in [5, 5.41) is 10.1. The van der Waals surface area contributed by atoms with Gasteiger partial charge in [0.1, 0.15) is 0 Å². The average molecular weight is 671 g/mol. The molecular formula is C53H34. The van der Waals surface area contributed by atoms with Gasteiger partial charge in [-0.15, -0.1) is 0 Å². The maximum atomic E-state index is 2.52. The molecule has 0 spiro atoms. The summed E-state index contributed by atoms with van der Waals surface area (Å²) < 4.78 is 0. The Morgan fingerprint density at radius 3 is 1.32 bits per heavy atom. The van der Waals surface area contributed by atoms with E-state index in [1.54, 1.807) is 0 Å². The van der Waals surface area contributed by atoms with E-state index in [1.807, 2.05) is 0 Å². The molecule has 0 nitrogen and oxygen atoms in total. The Balaban J connectivity index is 1.25. The molecule has 0 fully saturated rings. The van der Waals surface area contributed by atoms with Gasteiger partial charge >= 0.3 is 0 Å². The maximum Gasteiger partial charge on any atom is 0.0714 e. The van der Waals surface area contributed by atoms with Gasteiger partial charge in [0.25, 0.3) is 0 Å². The standard InChI is InChI=1S/C53H34/c1-3-18-40(19-4-1)53(41-20-5-2-6-21-41)48-32-30-36-16-9-10-22-42(36)52(48)47-31-29-39(34-49(47)53)51-45-25-13-11-23-43(45)50(44-24-12-14-26-46(44)51)38-28-27-35-15-7-8-17-37(35)33-38/h1-34H. The molecule has 0 saturated heterocycles. The molecular weight excluding hydrogens is 637 g/mol. The van der Waals surface area contributed by atoms with Crippen molar-refractivity contribution in [2.24, 2.45) is 0 Å². The van der Waals surface area contributed by atoms with Crippen molar-refractivity contribution in [1.82, 2.24) is 0 Å². The highest BCUT2D eigenvalue weighted by Crippen LogP contribution is 2.59. The molecule has 0 aliphatic heterocycles. The zero-order valence-electron chi connectivity index (χ0n) is 29.1. The normalized spacial score (nSPS) is 13.1. The SMILES string of the molecule is c1ccc(C2(c3ccccc3)c3cc(-c4c5ccccc5c(-c5ccc6ccccc6c5)c5ccccc45)ccc3-c3c2ccc2ccccc32)cc1. The van der Waals surface area contributed by atoms with E-state index in [-0.39, 0.29) is 0 Å². The van der Waals surface area contributed by atoms with Crippen molar-refractivity contribution in [2.45, 2.75) is 5.41 Å². The topological polar surface area (TPSA) is 0 Å². The minimum absolute atomic E-state index is 0.496. The van der Waals surface area contributed by atoms with Gasteiger partial charge in [0.05, 0.1) is 5.41 Å². The van der Waals surface area contributed by atoms with Crippen LogP contribution in [0.3, 0.4) is 0 Å². The van der Waals surface area contributed by atoms with E-state index in [0.29, 0.717) is 0 Å². The highest BCUT2D eigenvalue weighted by atomic mass is 14.5. The van der Waals surface area contributed by atoms with E-state index in [4.69, 9.17) is 0 Å². The molecule has 0 radical (unpaired) electrons. The predicted molar refractivity (Wildman–Crippen MR) is 225 cm³/mol. The smallest absolute Gasteiger partial charge is 0.0622 e. The summed E-state index contributed by atoms with van der Waals surface area (Å²) >= 11 is 0. The molecule has 1 aliphatic rings. The third-order valence-corrected chi connectivity index (χ3v) is 11.7. The third kappa shape index (κ3) is 4.30. The number of fused-ring (bicyclic) bond motifs is 8. The Hall–Kier alpha value is -6.76. The highest BCUT2D eigenvalue weighted by Gasteiger charge is 2.46. The van der Waals surface area contributed by atoms with E-state index >= 15 is 0 Å². The molecule has 0 amide bonds. The first kappa shape index (κ1) is 29.9. The van der Waals surface area contributed by atoms with Gasteiger partial charge in [0, 0.05) is 0 Å². The van der Waals surface area contributed by atoms with Gasteiger partial charge in [-0.2, -0.15) is 0 Å². The Bertz CT molecular complexity index is 2950. The summed E-state index contributed by atoms with van der Waals surface area (Å²) in [5.74, 6) is 0. The second kappa shape index (κ2) is 11.6. The van der Waals surface area contributed by atoms with Gasteiger partial charge in [-0.3, -0.25) is 0 Å². The van der Waals surface area contributed by atoms with Crippen LogP contribution < -0.4 is 0 Å². The fourth-order valence-corrected chi connectivity index (χ4v) is 9.51. The molecule has 53 heavy (non-hydrogen) atoms. The molecule has 0 heteroatoms. The molecule has 10 aromatic carbocycles. The molecule has 0 N–H and O–H groups in total. The van der Waals surface area contributed by atoms with Crippen molar-refractivity contribution in [3.63, 3.8) is 0 Å². The first-order chi connectivity index (χ1) is 26.3.